The second kappa shape index (κ2) is 9.80. The van der Waals surface area contributed by atoms with Crippen molar-refractivity contribution in [3.8, 4) is 17.2 Å². The number of hydrogen-bond acceptors (Lipinski definition) is 7. The Morgan fingerprint density at radius 2 is 2.12 bits per heavy atom. The maximum Gasteiger partial charge on any atom is 0.341 e. The summed E-state index contributed by atoms with van der Waals surface area (Å²) in [5, 5.41) is 15.7. The molecule has 7 nitrogen and oxygen atoms in total. The van der Waals surface area contributed by atoms with Gasteiger partial charge in [-0.3, -0.25) is 4.79 Å². The quantitative estimate of drug-likeness (QED) is 0.425. The first-order chi connectivity index (χ1) is 16.3. The Labute approximate surface area is 200 Å². The van der Waals surface area contributed by atoms with Gasteiger partial charge in [0.25, 0.3) is 0 Å². The van der Waals surface area contributed by atoms with Crippen molar-refractivity contribution in [1.82, 2.24) is 4.98 Å². The molecular weight excluding hydrogens is 459 g/mol. The molecule has 1 atom stereocenters. The predicted molar refractivity (Wildman–Crippen MR) is 126 cm³/mol. The number of aromatic hydroxyl groups is 1. The molecule has 34 heavy (non-hydrogen) atoms. The molecular formula is C25H25FN2O5S. The van der Waals surface area contributed by atoms with E-state index in [1.807, 2.05) is 6.92 Å². The monoisotopic (exact) mass is 484 g/mol. The second-order valence-corrected chi connectivity index (χ2v) is 9.31. The minimum absolute atomic E-state index is 0.0786. The van der Waals surface area contributed by atoms with Gasteiger partial charge in [0.05, 0.1) is 12.2 Å². The summed E-state index contributed by atoms with van der Waals surface area (Å²) in [5.74, 6) is -1.48. The standard InChI is InChI=1S/C25H25FN2O5S/c1-3-32-23(31)17-7-6-16(12-19(17)26)33-21-13-18-15(11-20(21)29)5-4-8-25(18,2)14-22(30)28-24-27-9-10-34-24/h6-7,9-13,29H,3-5,8,14H2,1-2H3,(H,27,28,30)/t25-/m1/s1. The highest BCUT2D eigenvalue weighted by Crippen LogP contribution is 2.45. The van der Waals surface area contributed by atoms with Crippen LogP contribution in [0.3, 0.4) is 0 Å². The summed E-state index contributed by atoms with van der Waals surface area (Å²) in [6.45, 7) is 3.80. The third-order valence-electron chi connectivity index (χ3n) is 5.90. The SMILES string of the molecule is CCOC(=O)c1ccc(Oc2cc3c(cc2O)CCC[C@]3(C)CC(=O)Nc2nccs2)cc1F. The van der Waals surface area contributed by atoms with Crippen LogP contribution in [0.25, 0.3) is 0 Å². The van der Waals surface area contributed by atoms with Crippen LogP contribution in [-0.4, -0.2) is 28.6 Å². The highest BCUT2D eigenvalue weighted by Gasteiger charge is 2.35. The van der Waals surface area contributed by atoms with Crippen LogP contribution in [0, 0.1) is 5.82 Å². The number of benzene rings is 2. The number of halogens is 1. The number of thiazole rings is 1. The molecule has 0 bridgehead atoms. The summed E-state index contributed by atoms with van der Waals surface area (Å²) in [5.41, 5.74) is 1.19. The largest absolute Gasteiger partial charge is 0.504 e. The molecule has 0 aliphatic heterocycles. The second-order valence-electron chi connectivity index (χ2n) is 8.42. The minimum Gasteiger partial charge on any atom is -0.504 e. The molecule has 1 aliphatic rings. The molecule has 4 rings (SSSR count). The Morgan fingerprint density at radius 3 is 2.82 bits per heavy atom. The van der Waals surface area contributed by atoms with Crippen molar-refractivity contribution < 1.29 is 28.6 Å². The van der Waals surface area contributed by atoms with Gasteiger partial charge < -0.3 is 19.9 Å². The molecule has 0 spiro atoms. The summed E-state index contributed by atoms with van der Waals surface area (Å²) in [6.07, 6.45) is 4.32. The van der Waals surface area contributed by atoms with Gasteiger partial charge in [0.2, 0.25) is 5.91 Å². The zero-order valence-corrected chi connectivity index (χ0v) is 19.7. The van der Waals surface area contributed by atoms with Crippen LogP contribution in [-0.2, 0) is 21.4 Å². The molecule has 2 aromatic carbocycles. The van der Waals surface area contributed by atoms with Crippen LogP contribution >= 0.6 is 11.3 Å². The predicted octanol–water partition coefficient (Wildman–Crippen LogP) is 5.58. The molecule has 2 N–H and O–H groups in total. The van der Waals surface area contributed by atoms with E-state index in [0.717, 1.165) is 36.5 Å². The summed E-state index contributed by atoms with van der Waals surface area (Å²) in [6, 6.07) is 7.16. The first-order valence-corrected chi connectivity index (χ1v) is 11.9. The van der Waals surface area contributed by atoms with E-state index in [1.54, 1.807) is 30.6 Å². The van der Waals surface area contributed by atoms with Crippen molar-refractivity contribution in [1.29, 1.82) is 0 Å². The number of aryl methyl sites for hydroxylation is 1. The number of nitrogens with one attached hydrogen (secondary N) is 1. The number of anilines is 1. The molecule has 1 heterocycles. The Bertz CT molecular complexity index is 1210. The Balaban J connectivity index is 1.58. The molecule has 9 heteroatoms. The van der Waals surface area contributed by atoms with E-state index in [-0.39, 0.29) is 41.7 Å². The lowest BCUT2D eigenvalue weighted by molar-refractivity contribution is -0.117. The molecule has 0 saturated heterocycles. The molecule has 3 aromatic rings. The van der Waals surface area contributed by atoms with Crippen molar-refractivity contribution in [3.05, 3.63) is 64.4 Å². The number of rotatable bonds is 7. The van der Waals surface area contributed by atoms with E-state index < -0.39 is 17.2 Å². The molecule has 0 saturated carbocycles. The number of amides is 1. The van der Waals surface area contributed by atoms with Gasteiger partial charge in [-0.1, -0.05) is 6.92 Å². The topological polar surface area (TPSA) is 97.8 Å². The van der Waals surface area contributed by atoms with Crippen LogP contribution < -0.4 is 10.1 Å². The zero-order valence-electron chi connectivity index (χ0n) is 18.9. The van der Waals surface area contributed by atoms with Crippen molar-refractivity contribution in [2.45, 2.75) is 44.9 Å². The van der Waals surface area contributed by atoms with Crippen LogP contribution in [0.4, 0.5) is 9.52 Å². The third-order valence-corrected chi connectivity index (χ3v) is 6.59. The van der Waals surface area contributed by atoms with E-state index >= 15 is 0 Å². The lowest BCUT2D eigenvalue weighted by Crippen LogP contribution is -2.32. The van der Waals surface area contributed by atoms with Crippen molar-refractivity contribution in [2.75, 3.05) is 11.9 Å². The number of phenolic OH excluding ortho intramolecular Hbond substituents is 1. The fourth-order valence-corrected chi connectivity index (χ4v) is 4.86. The number of aromatic nitrogens is 1. The molecule has 1 aromatic heterocycles. The fourth-order valence-electron chi connectivity index (χ4n) is 4.31. The van der Waals surface area contributed by atoms with Crippen LogP contribution in [0.15, 0.2) is 41.9 Å². The molecule has 178 valence electrons. The summed E-state index contributed by atoms with van der Waals surface area (Å²) in [7, 11) is 0. The number of fused-ring (bicyclic) bond motifs is 1. The van der Waals surface area contributed by atoms with E-state index in [1.165, 1.54) is 23.5 Å². The van der Waals surface area contributed by atoms with Gasteiger partial charge >= 0.3 is 5.97 Å². The number of esters is 1. The van der Waals surface area contributed by atoms with E-state index in [9.17, 15) is 19.1 Å². The molecule has 0 fully saturated rings. The lowest BCUT2D eigenvalue weighted by atomic mass is 9.69. The first-order valence-electron chi connectivity index (χ1n) is 11.0. The van der Waals surface area contributed by atoms with Gasteiger partial charge in [-0.05, 0) is 61.6 Å². The van der Waals surface area contributed by atoms with E-state index in [0.29, 0.717) is 5.13 Å². The van der Waals surface area contributed by atoms with Crippen LogP contribution in [0.5, 0.6) is 17.2 Å². The summed E-state index contributed by atoms with van der Waals surface area (Å²) in [4.78, 5) is 28.6. The molecule has 0 radical (unpaired) electrons. The minimum atomic E-state index is -0.780. The average molecular weight is 485 g/mol. The number of carbonyl (C=O) groups is 2. The van der Waals surface area contributed by atoms with Crippen LogP contribution in [0.1, 0.15) is 54.6 Å². The number of ether oxygens (including phenoxy) is 2. The van der Waals surface area contributed by atoms with Gasteiger partial charge in [-0.2, -0.15) is 0 Å². The normalized spacial score (nSPS) is 17.0. The van der Waals surface area contributed by atoms with Gasteiger partial charge in [-0.15, -0.1) is 11.3 Å². The Morgan fingerprint density at radius 1 is 1.29 bits per heavy atom. The average Bonchev–Trinajstić information content (AvgIpc) is 3.28. The van der Waals surface area contributed by atoms with Crippen molar-refractivity contribution >= 4 is 28.3 Å². The van der Waals surface area contributed by atoms with E-state index in [2.05, 4.69) is 10.3 Å². The number of carbonyl (C=O) groups excluding carboxylic acids is 2. The first kappa shape index (κ1) is 23.7. The van der Waals surface area contributed by atoms with Gasteiger partial charge in [-0.25, -0.2) is 14.2 Å². The Kier molecular flexibility index (Phi) is 6.83. The Hall–Kier alpha value is -3.46. The number of hydrogen-bond donors (Lipinski definition) is 2. The highest BCUT2D eigenvalue weighted by molar-refractivity contribution is 7.13. The highest BCUT2D eigenvalue weighted by atomic mass is 32.1. The molecule has 1 amide bonds. The van der Waals surface area contributed by atoms with Crippen LogP contribution in [0.2, 0.25) is 0 Å². The maximum absolute atomic E-state index is 14.4. The lowest BCUT2D eigenvalue weighted by Gasteiger charge is -2.36. The van der Waals surface area contributed by atoms with Crippen molar-refractivity contribution in [3.63, 3.8) is 0 Å². The number of phenols is 1. The molecule has 1 aliphatic carbocycles. The van der Waals surface area contributed by atoms with Crippen molar-refractivity contribution in [2.24, 2.45) is 0 Å². The zero-order chi connectivity index (χ0) is 24.3. The van der Waals surface area contributed by atoms with Gasteiger partial charge in [0.1, 0.15) is 11.6 Å². The van der Waals surface area contributed by atoms with Gasteiger partial charge in [0, 0.05) is 29.5 Å². The number of nitrogens with zero attached hydrogens (tertiary/aromatic N) is 1. The summed E-state index contributed by atoms with van der Waals surface area (Å²) < 4.78 is 25.1. The molecule has 0 unspecified atom stereocenters. The van der Waals surface area contributed by atoms with E-state index in [4.69, 9.17) is 9.47 Å². The summed E-state index contributed by atoms with van der Waals surface area (Å²) >= 11 is 1.35. The van der Waals surface area contributed by atoms with Gasteiger partial charge in [0.15, 0.2) is 16.6 Å². The fraction of sp³-hybridized carbons (Fsp3) is 0.320. The maximum atomic E-state index is 14.4. The smallest absolute Gasteiger partial charge is 0.341 e. The third kappa shape index (κ3) is 5.04.